The molecule has 0 bridgehead atoms. The molecule has 11 heteroatoms. The fourth-order valence-electron chi connectivity index (χ4n) is 4.46. The van der Waals surface area contributed by atoms with Crippen LogP contribution in [0.15, 0.2) is 0 Å². The second-order valence-electron chi connectivity index (χ2n) is 11.3. The van der Waals surface area contributed by atoms with Gasteiger partial charge < -0.3 is 32.3 Å². The first-order chi connectivity index (χ1) is 19.5. The number of carbonyl (C=O) groups is 5. The van der Waals surface area contributed by atoms with Crippen LogP contribution in [0.1, 0.15) is 105 Å². The van der Waals surface area contributed by atoms with Crippen molar-refractivity contribution < 1.29 is 24.0 Å². The Bertz CT molecular complexity index is 793. The van der Waals surface area contributed by atoms with E-state index >= 15 is 0 Å². The summed E-state index contributed by atoms with van der Waals surface area (Å²) in [5.74, 6) is -0.619. The molecule has 238 valence electrons. The van der Waals surface area contributed by atoms with Gasteiger partial charge in [0.1, 0.15) is 12.1 Å². The third kappa shape index (κ3) is 18.4. The normalized spacial score (nSPS) is 14.6. The highest BCUT2D eigenvalue weighted by Crippen LogP contribution is 2.20. The van der Waals surface area contributed by atoms with Crippen molar-refractivity contribution in [1.82, 2.24) is 26.6 Å². The van der Waals surface area contributed by atoms with Crippen LogP contribution in [-0.2, 0) is 24.0 Å². The molecule has 0 aromatic rings. The molecule has 5 amide bonds. The van der Waals surface area contributed by atoms with E-state index in [1.165, 1.54) is 7.05 Å². The number of nitrogens with two attached hydrogens (primary N) is 1. The fourth-order valence-corrected chi connectivity index (χ4v) is 4.46. The Balaban J connectivity index is 5.28. The second-order valence-corrected chi connectivity index (χ2v) is 11.3. The van der Waals surface area contributed by atoms with Gasteiger partial charge in [0.25, 0.3) is 0 Å². The van der Waals surface area contributed by atoms with E-state index in [9.17, 15) is 24.0 Å². The predicted molar refractivity (Wildman–Crippen MR) is 163 cm³/mol. The summed E-state index contributed by atoms with van der Waals surface area (Å²) in [5, 5.41) is 14.2. The SMILES string of the molecule is CCCCC(=O)NCCC(C)CC(NC(=O)CCCC)C(=O)NC(CC(C)C(C)CCNC(=O)CCN)C(=O)NC. The van der Waals surface area contributed by atoms with E-state index in [4.69, 9.17) is 5.73 Å². The van der Waals surface area contributed by atoms with Crippen molar-refractivity contribution in [3.05, 3.63) is 0 Å². The minimum absolute atomic E-state index is 0.0240. The van der Waals surface area contributed by atoms with Crippen LogP contribution in [0.25, 0.3) is 0 Å². The second kappa shape index (κ2) is 22.9. The number of carbonyl (C=O) groups excluding carboxylic acids is 5. The van der Waals surface area contributed by atoms with Gasteiger partial charge in [0.2, 0.25) is 29.5 Å². The van der Waals surface area contributed by atoms with Crippen LogP contribution in [-0.4, -0.2) is 68.3 Å². The van der Waals surface area contributed by atoms with Gasteiger partial charge in [-0.05, 0) is 56.3 Å². The molecule has 0 aromatic carbocycles. The maximum Gasteiger partial charge on any atom is 0.243 e. The van der Waals surface area contributed by atoms with E-state index in [0.29, 0.717) is 51.7 Å². The van der Waals surface area contributed by atoms with Crippen LogP contribution >= 0.6 is 0 Å². The summed E-state index contributed by atoms with van der Waals surface area (Å²) in [4.78, 5) is 62.4. The zero-order valence-electron chi connectivity index (χ0n) is 26.4. The molecule has 0 heterocycles. The molecular weight excluding hydrogens is 524 g/mol. The molecule has 5 unspecified atom stereocenters. The molecule has 0 aromatic heterocycles. The van der Waals surface area contributed by atoms with Crippen LogP contribution in [0.4, 0.5) is 0 Å². The largest absolute Gasteiger partial charge is 0.357 e. The van der Waals surface area contributed by atoms with Gasteiger partial charge in [-0.2, -0.15) is 0 Å². The highest BCUT2D eigenvalue weighted by Gasteiger charge is 2.29. The molecular formula is C30H58N6O5. The summed E-state index contributed by atoms with van der Waals surface area (Å²) in [6.45, 7) is 11.4. The summed E-state index contributed by atoms with van der Waals surface area (Å²) in [6, 6.07) is -1.55. The van der Waals surface area contributed by atoms with Crippen LogP contribution in [0, 0.1) is 17.8 Å². The van der Waals surface area contributed by atoms with Gasteiger partial charge in [0.15, 0.2) is 0 Å². The maximum absolute atomic E-state index is 13.4. The van der Waals surface area contributed by atoms with Crippen LogP contribution in [0.3, 0.4) is 0 Å². The number of rotatable bonds is 23. The molecule has 0 aliphatic rings. The lowest BCUT2D eigenvalue weighted by molar-refractivity contribution is -0.132. The van der Waals surface area contributed by atoms with Crippen molar-refractivity contribution in [3.63, 3.8) is 0 Å². The van der Waals surface area contributed by atoms with Gasteiger partial charge in [0, 0.05) is 45.9 Å². The zero-order valence-corrected chi connectivity index (χ0v) is 26.4. The van der Waals surface area contributed by atoms with Crippen LogP contribution in [0.2, 0.25) is 0 Å². The molecule has 0 rings (SSSR count). The Morgan fingerprint density at radius 2 is 1.20 bits per heavy atom. The van der Waals surface area contributed by atoms with E-state index in [-0.39, 0.29) is 47.8 Å². The molecule has 11 nitrogen and oxygen atoms in total. The lowest BCUT2D eigenvalue weighted by Crippen LogP contribution is -2.54. The molecule has 0 aliphatic carbocycles. The first-order valence-electron chi connectivity index (χ1n) is 15.5. The molecule has 7 N–H and O–H groups in total. The summed E-state index contributed by atoms with van der Waals surface area (Å²) in [7, 11) is 1.53. The molecule has 0 fully saturated rings. The number of nitrogens with one attached hydrogen (secondary N) is 5. The van der Waals surface area contributed by atoms with Crippen molar-refractivity contribution in [1.29, 1.82) is 0 Å². The molecule has 0 spiro atoms. The lowest BCUT2D eigenvalue weighted by atomic mass is 9.87. The van der Waals surface area contributed by atoms with Crippen molar-refractivity contribution in [3.8, 4) is 0 Å². The van der Waals surface area contributed by atoms with Crippen LogP contribution in [0.5, 0.6) is 0 Å². The summed E-state index contributed by atoms with van der Waals surface area (Å²) in [5.41, 5.74) is 5.42. The number of hydrogen-bond acceptors (Lipinski definition) is 6. The Morgan fingerprint density at radius 3 is 1.76 bits per heavy atom. The van der Waals surface area contributed by atoms with Crippen molar-refractivity contribution in [2.75, 3.05) is 26.7 Å². The minimum Gasteiger partial charge on any atom is -0.357 e. The monoisotopic (exact) mass is 582 g/mol. The van der Waals surface area contributed by atoms with E-state index in [1.807, 2.05) is 27.7 Å². The smallest absolute Gasteiger partial charge is 0.243 e. The van der Waals surface area contributed by atoms with Gasteiger partial charge in [-0.1, -0.05) is 47.5 Å². The average molecular weight is 583 g/mol. The van der Waals surface area contributed by atoms with E-state index < -0.39 is 18.0 Å². The van der Waals surface area contributed by atoms with Gasteiger partial charge in [-0.15, -0.1) is 0 Å². The van der Waals surface area contributed by atoms with Gasteiger partial charge >= 0.3 is 0 Å². The Labute approximate surface area is 247 Å². The standard InChI is InChI=1S/C30H58N6O5/c1-7-9-11-26(37)33-17-14-21(3)19-24(35-28(39)12-10-8-2)30(41)36-25(29(40)32-6)20-23(5)22(4)15-18-34-27(38)13-16-31/h21-25H,7-20,31H2,1-6H3,(H,32,40)(H,33,37)(H,34,38)(H,35,39)(H,36,41). The van der Waals surface area contributed by atoms with Crippen molar-refractivity contribution >= 4 is 29.5 Å². The summed E-state index contributed by atoms with van der Waals surface area (Å²) < 4.78 is 0. The third-order valence-corrected chi connectivity index (χ3v) is 7.52. The Hall–Kier alpha value is -2.69. The molecule has 41 heavy (non-hydrogen) atoms. The fraction of sp³-hybridized carbons (Fsp3) is 0.833. The summed E-state index contributed by atoms with van der Waals surface area (Å²) >= 11 is 0. The first kappa shape index (κ1) is 38.3. The quantitative estimate of drug-likeness (QED) is 0.108. The molecule has 0 radical (unpaired) electrons. The average Bonchev–Trinajstić information content (AvgIpc) is 2.93. The first-order valence-corrected chi connectivity index (χ1v) is 15.5. The zero-order chi connectivity index (χ0) is 31.2. The maximum atomic E-state index is 13.4. The lowest BCUT2D eigenvalue weighted by Gasteiger charge is -2.28. The van der Waals surface area contributed by atoms with Gasteiger partial charge in [-0.25, -0.2) is 0 Å². The molecule has 0 aliphatic heterocycles. The van der Waals surface area contributed by atoms with Gasteiger partial charge in [0.05, 0.1) is 0 Å². The Kier molecular flexibility index (Phi) is 21.4. The highest BCUT2D eigenvalue weighted by molar-refractivity contribution is 5.92. The van der Waals surface area contributed by atoms with E-state index in [0.717, 1.165) is 32.1 Å². The van der Waals surface area contributed by atoms with Crippen LogP contribution < -0.4 is 32.3 Å². The van der Waals surface area contributed by atoms with Crippen molar-refractivity contribution in [2.45, 2.75) is 117 Å². The number of amides is 5. The molecule has 0 saturated carbocycles. The number of unbranched alkanes of at least 4 members (excludes halogenated alkanes) is 2. The van der Waals surface area contributed by atoms with Crippen molar-refractivity contribution in [2.24, 2.45) is 23.5 Å². The third-order valence-electron chi connectivity index (χ3n) is 7.52. The van der Waals surface area contributed by atoms with E-state index in [2.05, 4.69) is 33.5 Å². The minimum atomic E-state index is -0.789. The molecule has 5 atom stereocenters. The Morgan fingerprint density at radius 1 is 0.659 bits per heavy atom. The van der Waals surface area contributed by atoms with E-state index in [1.54, 1.807) is 0 Å². The topological polar surface area (TPSA) is 172 Å². The molecule has 0 saturated heterocycles. The number of likely N-dealkylation sites (N-methyl/N-ethyl adjacent to an activating group) is 1. The summed E-state index contributed by atoms with van der Waals surface area (Å²) in [6.07, 6.45) is 6.73. The predicted octanol–water partition coefficient (Wildman–Crippen LogP) is 2.13. The van der Waals surface area contributed by atoms with Gasteiger partial charge in [-0.3, -0.25) is 24.0 Å². The number of hydrogen-bond donors (Lipinski definition) is 6. The highest BCUT2D eigenvalue weighted by atomic mass is 16.2.